The third-order valence-electron chi connectivity index (χ3n) is 6.74. The summed E-state index contributed by atoms with van der Waals surface area (Å²) in [6.07, 6.45) is 1.67. The molecule has 4 heterocycles. The molecule has 2 amide bonds. The monoisotopic (exact) mass is 469 g/mol. The Labute approximate surface area is 198 Å². The first kappa shape index (κ1) is 22.6. The summed E-state index contributed by atoms with van der Waals surface area (Å²) in [6.45, 7) is 7.18. The lowest BCUT2D eigenvalue weighted by molar-refractivity contribution is -0.130. The van der Waals surface area contributed by atoms with Crippen molar-refractivity contribution in [2.45, 2.75) is 45.7 Å². The van der Waals surface area contributed by atoms with Crippen LogP contribution >= 0.6 is 0 Å². The lowest BCUT2D eigenvalue weighted by atomic mass is 10.0. The molecule has 0 saturated carbocycles. The van der Waals surface area contributed by atoms with Gasteiger partial charge in [-0.3, -0.25) is 9.59 Å². The maximum absolute atomic E-state index is 13.1. The summed E-state index contributed by atoms with van der Waals surface area (Å²) < 4.78 is 18.2. The minimum absolute atomic E-state index is 0.00250. The van der Waals surface area contributed by atoms with Crippen molar-refractivity contribution in [3.63, 3.8) is 0 Å². The van der Waals surface area contributed by atoms with Crippen molar-refractivity contribution in [3.05, 3.63) is 35.4 Å². The molecule has 10 nitrogen and oxygen atoms in total. The van der Waals surface area contributed by atoms with Crippen LogP contribution in [0.15, 0.2) is 18.2 Å². The molecule has 0 spiro atoms. The average Bonchev–Trinajstić information content (AvgIpc) is 3.56. The molecule has 1 saturated heterocycles. The number of carbonyl (C=O) groups excluding carboxylic acids is 2. The normalized spacial score (nSPS) is 20.2. The molecule has 0 radical (unpaired) electrons. The maximum Gasteiger partial charge on any atom is 0.231 e. The summed E-state index contributed by atoms with van der Waals surface area (Å²) >= 11 is 0. The highest BCUT2D eigenvalue weighted by Gasteiger charge is 2.31. The van der Waals surface area contributed by atoms with Gasteiger partial charge < -0.3 is 29.0 Å². The SMILES string of the molecule is CC(C)C(NC(=O)C1CCOC1)c1nnc2n1CCN(C(=O)Cc1ccc3c(c1)OCO3)CC2. The van der Waals surface area contributed by atoms with Gasteiger partial charge in [0, 0.05) is 32.7 Å². The molecule has 2 aromatic rings. The quantitative estimate of drug-likeness (QED) is 0.683. The number of benzene rings is 1. The van der Waals surface area contributed by atoms with Gasteiger partial charge >= 0.3 is 0 Å². The van der Waals surface area contributed by atoms with E-state index in [1.165, 1.54) is 0 Å². The minimum Gasteiger partial charge on any atom is -0.454 e. The molecule has 3 aliphatic heterocycles. The van der Waals surface area contributed by atoms with Crippen LogP contribution in [0.25, 0.3) is 0 Å². The highest BCUT2D eigenvalue weighted by molar-refractivity contribution is 5.80. The van der Waals surface area contributed by atoms with E-state index in [1.54, 1.807) is 0 Å². The molecule has 182 valence electrons. The Morgan fingerprint density at radius 1 is 1.15 bits per heavy atom. The number of carbonyl (C=O) groups is 2. The van der Waals surface area contributed by atoms with Crippen LogP contribution in [0, 0.1) is 11.8 Å². The van der Waals surface area contributed by atoms with E-state index in [-0.39, 0.29) is 36.5 Å². The molecule has 10 heteroatoms. The largest absolute Gasteiger partial charge is 0.454 e. The van der Waals surface area contributed by atoms with Crippen molar-refractivity contribution in [1.29, 1.82) is 0 Å². The molecule has 3 aliphatic rings. The van der Waals surface area contributed by atoms with Crippen LogP contribution in [-0.2, 0) is 33.7 Å². The van der Waals surface area contributed by atoms with E-state index in [0.29, 0.717) is 57.2 Å². The Kier molecular flexibility index (Phi) is 6.40. The molecule has 2 atom stereocenters. The van der Waals surface area contributed by atoms with Crippen molar-refractivity contribution in [2.24, 2.45) is 11.8 Å². The first-order valence-corrected chi connectivity index (χ1v) is 12.0. The predicted molar refractivity (Wildman–Crippen MR) is 121 cm³/mol. The van der Waals surface area contributed by atoms with Crippen LogP contribution in [-0.4, -0.2) is 64.6 Å². The predicted octanol–water partition coefficient (Wildman–Crippen LogP) is 1.48. The summed E-state index contributed by atoms with van der Waals surface area (Å²) in [4.78, 5) is 27.7. The third kappa shape index (κ3) is 4.59. The second-order valence-electron chi connectivity index (χ2n) is 9.41. The maximum atomic E-state index is 13.1. The zero-order valence-corrected chi connectivity index (χ0v) is 19.7. The van der Waals surface area contributed by atoms with Gasteiger partial charge in [0.15, 0.2) is 17.3 Å². The van der Waals surface area contributed by atoms with Gasteiger partial charge in [-0.1, -0.05) is 19.9 Å². The molecule has 1 fully saturated rings. The Morgan fingerprint density at radius 3 is 2.79 bits per heavy atom. The fraction of sp³-hybridized carbons (Fsp3) is 0.583. The van der Waals surface area contributed by atoms with Gasteiger partial charge in [-0.25, -0.2) is 0 Å². The summed E-state index contributed by atoms with van der Waals surface area (Å²) in [7, 11) is 0. The zero-order chi connectivity index (χ0) is 23.7. The molecule has 1 aromatic carbocycles. The van der Waals surface area contributed by atoms with Gasteiger partial charge in [0.1, 0.15) is 5.82 Å². The highest BCUT2D eigenvalue weighted by atomic mass is 16.7. The Bertz CT molecular complexity index is 1060. The Morgan fingerprint density at radius 2 is 2.00 bits per heavy atom. The molecule has 1 N–H and O–H groups in total. The van der Waals surface area contributed by atoms with E-state index < -0.39 is 0 Å². The zero-order valence-electron chi connectivity index (χ0n) is 19.7. The van der Waals surface area contributed by atoms with Crippen molar-refractivity contribution < 1.29 is 23.8 Å². The molecule has 2 unspecified atom stereocenters. The van der Waals surface area contributed by atoms with Crippen LogP contribution in [0.3, 0.4) is 0 Å². The number of hydrogen-bond donors (Lipinski definition) is 1. The number of aromatic nitrogens is 3. The molecule has 0 bridgehead atoms. The van der Waals surface area contributed by atoms with Gasteiger partial charge in [0.25, 0.3) is 0 Å². The standard InChI is InChI=1S/C24H31N5O5/c1-15(2)22(25-24(31)17-6-10-32-13-17)23-27-26-20-5-7-28(8-9-29(20)23)21(30)12-16-3-4-18-19(11-16)34-14-33-18/h3-4,11,15,17,22H,5-10,12-14H2,1-2H3,(H,25,31). The Hall–Kier alpha value is -3.14. The average molecular weight is 470 g/mol. The molecule has 1 aromatic heterocycles. The van der Waals surface area contributed by atoms with Crippen LogP contribution in [0.1, 0.15) is 43.5 Å². The molecule has 5 rings (SSSR count). The first-order chi connectivity index (χ1) is 16.5. The van der Waals surface area contributed by atoms with Crippen molar-refractivity contribution in [1.82, 2.24) is 25.0 Å². The second-order valence-corrected chi connectivity index (χ2v) is 9.41. The van der Waals surface area contributed by atoms with Gasteiger partial charge in [-0.2, -0.15) is 0 Å². The van der Waals surface area contributed by atoms with Crippen LogP contribution < -0.4 is 14.8 Å². The molecular formula is C24H31N5O5. The van der Waals surface area contributed by atoms with Gasteiger partial charge in [-0.05, 0) is 30.0 Å². The smallest absolute Gasteiger partial charge is 0.231 e. The summed E-state index contributed by atoms with van der Waals surface area (Å²) in [5.41, 5.74) is 0.900. The van der Waals surface area contributed by atoms with Gasteiger partial charge in [0.2, 0.25) is 18.6 Å². The van der Waals surface area contributed by atoms with Crippen molar-refractivity contribution in [2.75, 3.05) is 33.1 Å². The number of rotatable bonds is 6. The fourth-order valence-corrected chi connectivity index (χ4v) is 4.70. The van der Waals surface area contributed by atoms with Gasteiger partial charge in [-0.15, -0.1) is 10.2 Å². The molecule has 0 aliphatic carbocycles. The minimum atomic E-state index is -0.245. The van der Waals surface area contributed by atoms with E-state index in [9.17, 15) is 9.59 Å². The van der Waals surface area contributed by atoms with Crippen LogP contribution in [0.2, 0.25) is 0 Å². The molecule has 34 heavy (non-hydrogen) atoms. The lowest BCUT2D eigenvalue weighted by Gasteiger charge is -2.24. The van der Waals surface area contributed by atoms with Crippen molar-refractivity contribution >= 4 is 11.8 Å². The van der Waals surface area contributed by atoms with E-state index in [1.807, 2.05) is 23.1 Å². The van der Waals surface area contributed by atoms with Crippen molar-refractivity contribution in [3.8, 4) is 11.5 Å². The first-order valence-electron chi connectivity index (χ1n) is 12.0. The lowest BCUT2D eigenvalue weighted by Crippen LogP contribution is -2.38. The van der Waals surface area contributed by atoms with E-state index in [0.717, 1.165) is 23.6 Å². The summed E-state index contributed by atoms with van der Waals surface area (Å²) in [6, 6.07) is 5.38. The highest BCUT2D eigenvalue weighted by Crippen LogP contribution is 2.32. The second kappa shape index (κ2) is 9.61. The van der Waals surface area contributed by atoms with Crippen LogP contribution in [0.4, 0.5) is 0 Å². The van der Waals surface area contributed by atoms with E-state index in [4.69, 9.17) is 14.2 Å². The number of nitrogens with one attached hydrogen (secondary N) is 1. The van der Waals surface area contributed by atoms with E-state index in [2.05, 4.69) is 33.9 Å². The number of ether oxygens (including phenoxy) is 3. The summed E-state index contributed by atoms with van der Waals surface area (Å²) in [5.74, 6) is 3.09. The fourth-order valence-electron chi connectivity index (χ4n) is 4.70. The number of amides is 2. The number of nitrogens with zero attached hydrogens (tertiary/aromatic N) is 4. The Balaban J connectivity index is 1.25. The number of hydrogen-bond acceptors (Lipinski definition) is 7. The van der Waals surface area contributed by atoms with E-state index >= 15 is 0 Å². The summed E-state index contributed by atoms with van der Waals surface area (Å²) in [5, 5.41) is 12.0. The molecular weight excluding hydrogens is 438 g/mol. The van der Waals surface area contributed by atoms with Crippen LogP contribution in [0.5, 0.6) is 11.5 Å². The topological polar surface area (TPSA) is 108 Å². The van der Waals surface area contributed by atoms with Gasteiger partial charge in [0.05, 0.1) is 25.0 Å². The number of fused-ring (bicyclic) bond motifs is 2. The third-order valence-corrected chi connectivity index (χ3v) is 6.74.